The number of benzene rings is 2. The van der Waals surface area contributed by atoms with Crippen LogP contribution in [0.2, 0.25) is 0 Å². The first kappa shape index (κ1) is 24.3. The molecular weight excluding hydrogens is 412 g/mol. The maximum absolute atomic E-state index is 12.9. The van der Waals surface area contributed by atoms with E-state index in [4.69, 9.17) is 9.47 Å². The van der Waals surface area contributed by atoms with Crippen molar-refractivity contribution in [2.24, 2.45) is 0 Å². The van der Waals surface area contributed by atoms with E-state index in [2.05, 4.69) is 23.3 Å². The summed E-state index contributed by atoms with van der Waals surface area (Å²) in [6.45, 7) is 2.18. The molecule has 3 aromatic rings. The van der Waals surface area contributed by atoms with Gasteiger partial charge in [0.05, 0.1) is 14.2 Å². The van der Waals surface area contributed by atoms with Gasteiger partial charge in [-0.25, -0.2) is 0 Å². The fourth-order valence-electron chi connectivity index (χ4n) is 3.94. The number of nitrogens with zero attached hydrogens (tertiary/aromatic N) is 1. The molecule has 3 rings (SSSR count). The minimum atomic E-state index is -0.0173. The van der Waals surface area contributed by atoms with Crippen LogP contribution in [0.3, 0.4) is 0 Å². The van der Waals surface area contributed by atoms with Gasteiger partial charge in [0, 0.05) is 24.0 Å². The standard InChI is InChI=1S/C28H34N2O3/c1-4-5-10-25(11-6-8-21-9-7-18-29-20-21)30-28(31)23-14-12-22(13-15-23)24-16-17-26(32-2)27(19-24)33-3/h7,9,12-20,25H,4-6,8,10-11H2,1-3H3,(H,30,31). The average Bonchev–Trinajstić information content (AvgIpc) is 2.87. The van der Waals surface area contributed by atoms with E-state index in [-0.39, 0.29) is 11.9 Å². The number of pyridine rings is 1. The zero-order valence-electron chi connectivity index (χ0n) is 19.8. The van der Waals surface area contributed by atoms with Crippen LogP contribution in [-0.4, -0.2) is 31.2 Å². The Morgan fingerprint density at radius 3 is 2.33 bits per heavy atom. The second kappa shape index (κ2) is 12.6. The molecule has 1 amide bonds. The predicted octanol–water partition coefficient (Wildman–Crippen LogP) is 6.08. The Kier molecular flexibility index (Phi) is 9.31. The lowest BCUT2D eigenvalue weighted by Gasteiger charge is -2.19. The van der Waals surface area contributed by atoms with E-state index in [1.54, 1.807) is 20.4 Å². The van der Waals surface area contributed by atoms with E-state index in [9.17, 15) is 4.79 Å². The zero-order valence-corrected chi connectivity index (χ0v) is 19.8. The van der Waals surface area contributed by atoms with Crippen molar-refractivity contribution in [1.29, 1.82) is 0 Å². The number of aryl methyl sites for hydroxylation is 1. The van der Waals surface area contributed by atoms with Gasteiger partial charge in [-0.3, -0.25) is 9.78 Å². The first-order valence-electron chi connectivity index (χ1n) is 11.7. The summed E-state index contributed by atoms with van der Waals surface area (Å²) in [4.78, 5) is 17.1. The van der Waals surface area contributed by atoms with Crippen molar-refractivity contribution >= 4 is 5.91 Å². The third-order valence-electron chi connectivity index (χ3n) is 5.85. The highest BCUT2D eigenvalue weighted by Gasteiger charge is 2.14. The van der Waals surface area contributed by atoms with Crippen LogP contribution in [0.15, 0.2) is 67.0 Å². The lowest BCUT2D eigenvalue weighted by atomic mass is 10.00. The van der Waals surface area contributed by atoms with Crippen LogP contribution in [0.25, 0.3) is 11.1 Å². The van der Waals surface area contributed by atoms with Gasteiger partial charge in [0.25, 0.3) is 5.91 Å². The topological polar surface area (TPSA) is 60.5 Å². The molecule has 0 saturated heterocycles. The summed E-state index contributed by atoms with van der Waals surface area (Å²) in [6, 6.07) is 17.8. The molecule has 0 spiro atoms. The lowest BCUT2D eigenvalue weighted by molar-refractivity contribution is 0.0932. The molecule has 1 atom stereocenters. The smallest absolute Gasteiger partial charge is 0.251 e. The maximum Gasteiger partial charge on any atom is 0.251 e. The Morgan fingerprint density at radius 1 is 0.939 bits per heavy atom. The van der Waals surface area contributed by atoms with E-state index in [1.165, 1.54) is 5.56 Å². The Balaban J connectivity index is 1.62. The summed E-state index contributed by atoms with van der Waals surface area (Å²) in [6.07, 6.45) is 9.91. The normalized spacial score (nSPS) is 11.6. The van der Waals surface area contributed by atoms with Crippen LogP contribution >= 0.6 is 0 Å². The van der Waals surface area contributed by atoms with E-state index in [0.29, 0.717) is 17.1 Å². The highest BCUT2D eigenvalue weighted by atomic mass is 16.5. The Morgan fingerprint density at radius 2 is 1.67 bits per heavy atom. The molecule has 0 bridgehead atoms. The molecule has 0 aliphatic carbocycles. The van der Waals surface area contributed by atoms with Gasteiger partial charge >= 0.3 is 0 Å². The van der Waals surface area contributed by atoms with Crippen LogP contribution in [0, 0.1) is 0 Å². The van der Waals surface area contributed by atoms with Gasteiger partial charge in [-0.05, 0) is 72.7 Å². The van der Waals surface area contributed by atoms with Crippen LogP contribution in [-0.2, 0) is 6.42 Å². The first-order chi connectivity index (χ1) is 16.1. The van der Waals surface area contributed by atoms with Gasteiger partial charge < -0.3 is 14.8 Å². The minimum Gasteiger partial charge on any atom is -0.493 e. The van der Waals surface area contributed by atoms with Gasteiger partial charge in [0.15, 0.2) is 11.5 Å². The second-order valence-corrected chi connectivity index (χ2v) is 8.21. The monoisotopic (exact) mass is 446 g/mol. The molecule has 0 radical (unpaired) electrons. The third-order valence-corrected chi connectivity index (χ3v) is 5.85. The molecule has 2 aromatic carbocycles. The number of rotatable bonds is 12. The highest BCUT2D eigenvalue weighted by Crippen LogP contribution is 2.32. The van der Waals surface area contributed by atoms with Crippen molar-refractivity contribution in [2.75, 3.05) is 14.2 Å². The lowest BCUT2D eigenvalue weighted by Crippen LogP contribution is -2.35. The summed E-state index contributed by atoms with van der Waals surface area (Å²) in [5.41, 5.74) is 3.94. The summed E-state index contributed by atoms with van der Waals surface area (Å²) < 4.78 is 10.7. The fraction of sp³-hybridized carbons (Fsp3) is 0.357. The number of methoxy groups -OCH3 is 2. The van der Waals surface area contributed by atoms with E-state index in [0.717, 1.165) is 49.7 Å². The average molecular weight is 447 g/mol. The Bertz CT molecular complexity index is 1000. The van der Waals surface area contributed by atoms with Crippen molar-refractivity contribution < 1.29 is 14.3 Å². The minimum absolute atomic E-state index is 0.0173. The molecule has 1 aromatic heterocycles. The summed E-state index contributed by atoms with van der Waals surface area (Å²) in [7, 11) is 3.25. The number of amides is 1. The van der Waals surface area contributed by atoms with Gasteiger partial charge in [0.2, 0.25) is 0 Å². The van der Waals surface area contributed by atoms with Crippen molar-refractivity contribution in [3.8, 4) is 22.6 Å². The van der Waals surface area contributed by atoms with E-state index >= 15 is 0 Å². The van der Waals surface area contributed by atoms with Gasteiger partial charge in [0.1, 0.15) is 0 Å². The zero-order chi connectivity index (χ0) is 23.5. The number of ether oxygens (including phenoxy) is 2. The summed E-state index contributed by atoms with van der Waals surface area (Å²) >= 11 is 0. The Labute approximate surface area is 197 Å². The largest absolute Gasteiger partial charge is 0.493 e. The molecule has 174 valence electrons. The molecule has 5 heteroatoms. The second-order valence-electron chi connectivity index (χ2n) is 8.21. The predicted molar refractivity (Wildman–Crippen MR) is 133 cm³/mol. The number of nitrogens with one attached hydrogen (secondary N) is 1. The number of hydrogen-bond donors (Lipinski definition) is 1. The molecule has 5 nitrogen and oxygen atoms in total. The highest BCUT2D eigenvalue weighted by molar-refractivity contribution is 5.94. The number of carbonyl (C=O) groups excluding carboxylic acids is 1. The van der Waals surface area contributed by atoms with Crippen LogP contribution < -0.4 is 14.8 Å². The molecule has 1 N–H and O–H groups in total. The van der Waals surface area contributed by atoms with Crippen molar-refractivity contribution in [2.45, 2.75) is 51.5 Å². The van der Waals surface area contributed by atoms with E-state index in [1.807, 2.05) is 54.7 Å². The number of aromatic nitrogens is 1. The molecule has 1 unspecified atom stereocenters. The van der Waals surface area contributed by atoms with Crippen LogP contribution in [0.5, 0.6) is 11.5 Å². The number of hydrogen-bond acceptors (Lipinski definition) is 4. The van der Waals surface area contributed by atoms with Gasteiger partial charge in [-0.15, -0.1) is 0 Å². The van der Waals surface area contributed by atoms with Gasteiger partial charge in [-0.1, -0.05) is 44.0 Å². The molecule has 1 heterocycles. The van der Waals surface area contributed by atoms with Crippen molar-refractivity contribution in [1.82, 2.24) is 10.3 Å². The van der Waals surface area contributed by atoms with Crippen molar-refractivity contribution in [3.63, 3.8) is 0 Å². The Hall–Kier alpha value is -3.34. The quantitative estimate of drug-likeness (QED) is 0.366. The third kappa shape index (κ3) is 7.07. The molecule has 0 fully saturated rings. The van der Waals surface area contributed by atoms with Crippen molar-refractivity contribution in [3.05, 3.63) is 78.1 Å². The summed E-state index contributed by atoms with van der Waals surface area (Å²) in [5, 5.41) is 3.26. The molecule has 0 saturated carbocycles. The maximum atomic E-state index is 12.9. The van der Waals surface area contributed by atoms with Crippen LogP contribution in [0.4, 0.5) is 0 Å². The molecule has 33 heavy (non-hydrogen) atoms. The molecule has 0 aliphatic rings. The first-order valence-corrected chi connectivity index (χ1v) is 11.7. The van der Waals surface area contributed by atoms with E-state index < -0.39 is 0 Å². The molecule has 0 aliphatic heterocycles. The van der Waals surface area contributed by atoms with Gasteiger partial charge in [-0.2, -0.15) is 0 Å². The molecular formula is C28H34N2O3. The summed E-state index contributed by atoms with van der Waals surface area (Å²) in [5.74, 6) is 1.36. The van der Waals surface area contributed by atoms with Crippen LogP contribution in [0.1, 0.15) is 54.9 Å². The fourth-order valence-corrected chi connectivity index (χ4v) is 3.94. The number of unbranched alkanes of at least 4 members (excludes halogenated alkanes) is 1. The number of carbonyl (C=O) groups is 1. The SMILES string of the molecule is CCCCC(CCCc1cccnc1)NC(=O)c1ccc(-c2ccc(OC)c(OC)c2)cc1.